The molecule has 0 spiro atoms. The van der Waals surface area contributed by atoms with Gasteiger partial charge in [0.05, 0.1) is 6.07 Å². The Morgan fingerprint density at radius 2 is 2.17 bits per heavy atom. The Morgan fingerprint density at radius 3 is 2.17 bits per heavy atom. The molecule has 1 nitrogen and oxygen atoms in total. The first-order chi connectivity index (χ1) is 2.81. The SMILES string of the molecule is C[C]=C(C)C#N. The van der Waals surface area contributed by atoms with Crippen molar-refractivity contribution in [2.75, 3.05) is 0 Å². The Kier molecular flexibility index (Phi) is 2.15. The van der Waals surface area contributed by atoms with E-state index in [1.807, 2.05) is 6.07 Å². The van der Waals surface area contributed by atoms with Crippen molar-refractivity contribution in [1.82, 2.24) is 0 Å². The predicted molar refractivity (Wildman–Crippen MR) is 23.7 cm³/mol. The van der Waals surface area contributed by atoms with Gasteiger partial charge in [0.2, 0.25) is 0 Å². The smallest absolute Gasteiger partial charge is 0.0946 e. The molecule has 1 heteroatoms. The lowest BCUT2D eigenvalue weighted by Crippen LogP contribution is -1.59. The maximum absolute atomic E-state index is 7.99. The van der Waals surface area contributed by atoms with Gasteiger partial charge in [-0.25, -0.2) is 0 Å². The zero-order valence-corrected chi connectivity index (χ0v) is 3.95. The highest BCUT2D eigenvalue weighted by Gasteiger charge is 1.72. The average molecular weight is 80.1 g/mol. The molecule has 0 saturated heterocycles. The quantitative estimate of drug-likeness (QED) is 0.402. The minimum atomic E-state index is 0.648. The van der Waals surface area contributed by atoms with Crippen LogP contribution in [0.4, 0.5) is 0 Å². The summed E-state index contributed by atoms with van der Waals surface area (Å²) in [5, 5.41) is 7.99. The molecule has 0 heterocycles. The zero-order chi connectivity index (χ0) is 4.99. The normalized spacial score (nSPS) is 10.5. The first-order valence-electron chi connectivity index (χ1n) is 1.72. The summed E-state index contributed by atoms with van der Waals surface area (Å²) in [6, 6.07) is 1.92. The first kappa shape index (κ1) is 5.23. The van der Waals surface area contributed by atoms with Crippen molar-refractivity contribution in [3.63, 3.8) is 0 Å². The molecule has 0 atom stereocenters. The van der Waals surface area contributed by atoms with Gasteiger partial charge in [-0.3, -0.25) is 0 Å². The Morgan fingerprint density at radius 1 is 1.67 bits per heavy atom. The molecule has 6 heavy (non-hydrogen) atoms. The van der Waals surface area contributed by atoms with Gasteiger partial charge < -0.3 is 0 Å². The van der Waals surface area contributed by atoms with E-state index in [0.717, 1.165) is 0 Å². The van der Waals surface area contributed by atoms with Crippen molar-refractivity contribution in [1.29, 1.82) is 5.26 Å². The van der Waals surface area contributed by atoms with Crippen LogP contribution in [-0.2, 0) is 0 Å². The summed E-state index contributed by atoms with van der Waals surface area (Å²) in [7, 11) is 0. The zero-order valence-electron chi connectivity index (χ0n) is 3.95. The molecule has 0 aliphatic heterocycles. The molecular weight excluding hydrogens is 74.1 g/mol. The van der Waals surface area contributed by atoms with Crippen LogP contribution >= 0.6 is 0 Å². The molecule has 0 aromatic carbocycles. The summed E-state index contributed by atoms with van der Waals surface area (Å²) in [6.07, 6.45) is 2.67. The highest BCUT2D eigenvalue weighted by molar-refractivity contribution is 5.12. The van der Waals surface area contributed by atoms with Crippen LogP contribution in [-0.4, -0.2) is 0 Å². The number of nitriles is 1. The summed E-state index contributed by atoms with van der Waals surface area (Å²) in [5.74, 6) is 0. The van der Waals surface area contributed by atoms with Gasteiger partial charge in [-0.1, -0.05) is 0 Å². The van der Waals surface area contributed by atoms with Crippen molar-refractivity contribution >= 4 is 0 Å². The van der Waals surface area contributed by atoms with E-state index in [1.165, 1.54) is 0 Å². The van der Waals surface area contributed by atoms with Gasteiger partial charge in [0.15, 0.2) is 0 Å². The van der Waals surface area contributed by atoms with E-state index in [1.54, 1.807) is 13.8 Å². The second kappa shape index (κ2) is 2.47. The number of allylic oxidation sites excluding steroid dienone is 2. The Labute approximate surface area is 37.9 Å². The monoisotopic (exact) mass is 80.1 g/mol. The van der Waals surface area contributed by atoms with Crippen LogP contribution < -0.4 is 0 Å². The average Bonchev–Trinajstić information content (AvgIpc) is 1.65. The van der Waals surface area contributed by atoms with Gasteiger partial charge in [-0.15, -0.1) is 0 Å². The highest BCUT2D eigenvalue weighted by atomic mass is 14.2. The van der Waals surface area contributed by atoms with Gasteiger partial charge in [0, 0.05) is 5.57 Å². The molecule has 1 radical (unpaired) electrons. The lowest BCUT2D eigenvalue weighted by atomic mass is 10.3. The molecule has 0 aromatic rings. The summed E-state index contributed by atoms with van der Waals surface area (Å²) in [4.78, 5) is 0. The highest BCUT2D eigenvalue weighted by Crippen LogP contribution is 1.81. The summed E-state index contributed by atoms with van der Waals surface area (Å²) in [5.41, 5.74) is 0.648. The second-order valence-corrected chi connectivity index (χ2v) is 0.987. The van der Waals surface area contributed by atoms with Gasteiger partial charge in [-0.2, -0.15) is 5.26 Å². The van der Waals surface area contributed by atoms with Crippen LogP contribution in [0.2, 0.25) is 0 Å². The third-order valence-corrected chi connectivity index (χ3v) is 0.543. The van der Waals surface area contributed by atoms with E-state index < -0.39 is 0 Å². The summed E-state index contributed by atoms with van der Waals surface area (Å²) >= 11 is 0. The Bertz CT molecular complexity index is 95.0. The van der Waals surface area contributed by atoms with Crippen LogP contribution in [0.15, 0.2) is 5.57 Å². The van der Waals surface area contributed by atoms with Crippen LogP contribution in [0.5, 0.6) is 0 Å². The van der Waals surface area contributed by atoms with E-state index in [9.17, 15) is 0 Å². The van der Waals surface area contributed by atoms with E-state index in [-0.39, 0.29) is 0 Å². The van der Waals surface area contributed by atoms with Gasteiger partial charge >= 0.3 is 0 Å². The third-order valence-electron chi connectivity index (χ3n) is 0.543. The van der Waals surface area contributed by atoms with Crippen molar-refractivity contribution < 1.29 is 0 Å². The Balaban J connectivity index is 3.61. The van der Waals surface area contributed by atoms with E-state index in [4.69, 9.17) is 5.26 Å². The second-order valence-electron chi connectivity index (χ2n) is 0.987. The van der Waals surface area contributed by atoms with Crippen molar-refractivity contribution in [3.8, 4) is 6.07 Å². The first-order valence-corrected chi connectivity index (χ1v) is 1.72. The maximum atomic E-state index is 7.99. The lowest BCUT2D eigenvalue weighted by Gasteiger charge is -1.69. The topological polar surface area (TPSA) is 23.8 Å². The van der Waals surface area contributed by atoms with Crippen LogP contribution in [0.25, 0.3) is 0 Å². The van der Waals surface area contributed by atoms with Gasteiger partial charge in [0.1, 0.15) is 0 Å². The Hall–Kier alpha value is -0.770. The van der Waals surface area contributed by atoms with E-state index in [2.05, 4.69) is 6.08 Å². The maximum Gasteiger partial charge on any atom is 0.0946 e. The molecule has 0 N–H and O–H groups in total. The van der Waals surface area contributed by atoms with Crippen molar-refractivity contribution in [3.05, 3.63) is 11.6 Å². The van der Waals surface area contributed by atoms with Gasteiger partial charge in [0.25, 0.3) is 0 Å². The number of hydrogen-bond donors (Lipinski definition) is 0. The lowest BCUT2D eigenvalue weighted by molar-refractivity contribution is 1.40. The molecule has 0 rings (SSSR count). The fraction of sp³-hybridized carbons (Fsp3) is 0.400. The molecule has 0 amide bonds. The van der Waals surface area contributed by atoms with Gasteiger partial charge in [-0.05, 0) is 19.9 Å². The van der Waals surface area contributed by atoms with Crippen molar-refractivity contribution in [2.24, 2.45) is 0 Å². The molecule has 0 aromatic heterocycles. The van der Waals surface area contributed by atoms with Crippen molar-refractivity contribution in [2.45, 2.75) is 13.8 Å². The molecular formula is C5H6N. The summed E-state index contributed by atoms with van der Waals surface area (Å²) < 4.78 is 0. The third kappa shape index (κ3) is 1.54. The number of rotatable bonds is 0. The minimum Gasteiger partial charge on any atom is -0.193 e. The van der Waals surface area contributed by atoms with E-state index >= 15 is 0 Å². The fourth-order valence-electron chi connectivity index (χ4n) is 0.0559. The minimum absolute atomic E-state index is 0.648. The molecule has 0 unspecified atom stereocenters. The molecule has 0 saturated carbocycles. The molecule has 31 valence electrons. The van der Waals surface area contributed by atoms with Crippen LogP contribution in [0.1, 0.15) is 13.8 Å². The molecule has 0 aliphatic carbocycles. The largest absolute Gasteiger partial charge is 0.193 e. The molecule has 0 aliphatic rings. The number of nitrogens with zero attached hydrogens (tertiary/aromatic N) is 1. The standard InChI is InChI=1S/C5H6N/c1-3-5(2)4-6/h1-2H3. The number of hydrogen-bond acceptors (Lipinski definition) is 1. The molecule has 0 fully saturated rings. The van der Waals surface area contributed by atoms with Crippen LogP contribution in [0, 0.1) is 17.4 Å². The molecule has 0 bridgehead atoms. The predicted octanol–water partition coefficient (Wildman–Crippen LogP) is 1.28. The van der Waals surface area contributed by atoms with Crippen LogP contribution in [0.3, 0.4) is 0 Å². The van der Waals surface area contributed by atoms with E-state index in [0.29, 0.717) is 5.57 Å². The fourth-order valence-corrected chi connectivity index (χ4v) is 0.0559. The summed E-state index contributed by atoms with van der Waals surface area (Å²) in [6.45, 7) is 3.44.